The zero-order chi connectivity index (χ0) is 16.6. The molecule has 0 unspecified atom stereocenters. The molecule has 2 heterocycles. The molecule has 1 aliphatic rings. The van der Waals surface area contributed by atoms with Gasteiger partial charge in [-0.2, -0.15) is 0 Å². The minimum absolute atomic E-state index is 0.167. The van der Waals surface area contributed by atoms with Gasteiger partial charge in [-0.25, -0.2) is 4.98 Å². The first-order valence-corrected chi connectivity index (χ1v) is 9.02. The number of amides is 1. The van der Waals surface area contributed by atoms with E-state index in [-0.39, 0.29) is 5.91 Å². The van der Waals surface area contributed by atoms with Gasteiger partial charge in [-0.05, 0) is 24.5 Å². The van der Waals surface area contributed by atoms with Crippen LogP contribution in [0.2, 0.25) is 0 Å². The number of carbonyl (C=O) groups excluding carboxylic acids is 1. The van der Waals surface area contributed by atoms with Crippen LogP contribution >= 0.6 is 0 Å². The normalized spacial score (nSPS) is 15.3. The van der Waals surface area contributed by atoms with Gasteiger partial charge < -0.3 is 9.88 Å². The van der Waals surface area contributed by atoms with Gasteiger partial charge in [0.25, 0.3) is 0 Å². The molecule has 1 aliphatic carbocycles. The number of nitrogens with one attached hydrogen (secondary N) is 1. The van der Waals surface area contributed by atoms with Gasteiger partial charge in [-0.3, -0.25) is 9.78 Å². The van der Waals surface area contributed by atoms with Gasteiger partial charge in [0, 0.05) is 38.1 Å². The van der Waals surface area contributed by atoms with Crippen LogP contribution in [0.1, 0.15) is 44.9 Å². The highest BCUT2D eigenvalue weighted by Crippen LogP contribution is 2.27. The molecule has 0 spiro atoms. The molecule has 24 heavy (non-hydrogen) atoms. The Morgan fingerprint density at radius 2 is 2.04 bits per heavy atom. The molecule has 128 valence electrons. The standard InChI is InChI=1S/C19H26N4O/c24-18(10-9-16-6-2-1-3-7-16)21-12-14-23-15-13-22-19(23)17-8-4-5-11-20-17/h4-5,8,11,13,15-16H,1-3,6-7,9-10,12,14H2,(H,21,24). The predicted molar refractivity (Wildman–Crippen MR) is 94.3 cm³/mol. The minimum Gasteiger partial charge on any atom is -0.354 e. The molecule has 2 aromatic rings. The fraction of sp³-hybridized carbons (Fsp3) is 0.526. The van der Waals surface area contributed by atoms with Crippen molar-refractivity contribution < 1.29 is 4.79 Å². The highest BCUT2D eigenvalue weighted by Gasteiger charge is 2.14. The topological polar surface area (TPSA) is 59.8 Å². The fourth-order valence-electron chi connectivity index (χ4n) is 3.43. The Morgan fingerprint density at radius 3 is 2.83 bits per heavy atom. The van der Waals surface area contributed by atoms with E-state index in [1.165, 1.54) is 32.1 Å². The lowest BCUT2D eigenvalue weighted by Crippen LogP contribution is -2.27. The van der Waals surface area contributed by atoms with Crippen LogP contribution in [-0.2, 0) is 11.3 Å². The zero-order valence-electron chi connectivity index (χ0n) is 14.2. The van der Waals surface area contributed by atoms with Gasteiger partial charge >= 0.3 is 0 Å². The average molecular weight is 326 g/mol. The summed E-state index contributed by atoms with van der Waals surface area (Å²) in [5, 5.41) is 3.03. The molecule has 5 heteroatoms. The fourth-order valence-corrected chi connectivity index (χ4v) is 3.43. The van der Waals surface area contributed by atoms with E-state index in [1.54, 1.807) is 12.4 Å². The summed E-state index contributed by atoms with van der Waals surface area (Å²) in [6, 6.07) is 5.79. The second kappa shape index (κ2) is 8.62. The van der Waals surface area contributed by atoms with E-state index in [4.69, 9.17) is 0 Å². The molecule has 2 aromatic heterocycles. The lowest BCUT2D eigenvalue weighted by Gasteiger charge is -2.21. The summed E-state index contributed by atoms with van der Waals surface area (Å²) in [4.78, 5) is 20.7. The molecule has 5 nitrogen and oxygen atoms in total. The minimum atomic E-state index is 0.167. The van der Waals surface area contributed by atoms with E-state index >= 15 is 0 Å². The summed E-state index contributed by atoms with van der Waals surface area (Å²) in [5.74, 6) is 1.76. The first-order chi connectivity index (χ1) is 11.8. The lowest BCUT2D eigenvalue weighted by atomic mass is 9.86. The SMILES string of the molecule is O=C(CCC1CCCCC1)NCCn1ccnc1-c1ccccn1. The van der Waals surface area contributed by atoms with Crippen molar-refractivity contribution in [3.05, 3.63) is 36.8 Å². The summed E-state index contributed by atoms with van der Waals surface area (Å²) in [5.41, 5.74) is 0.853. The van der Waals surface area contributed by atoms with Crippen LogP contribution in [0.5, 0.6) is 0 Å². The summed E-state index contributed by atoms with van der Waals surface area (Å²) >= 11 is 0. The third-order valence-corrected chi connectivity index (χ3v) is 4.79. The van der Waals surface area contributed by atoms with Crippen LogP contribution < -0.4 is 5.32 Å². The van der Waals surface area contributed by atoms with Crippen LogP contribution in [0.25, 0.3) is 11.5 Å². The Labute approximate surface area is 143 Å². The van der Waals surface area contributed by atoms with Gasteiger partial charge in [0.05, 0.1) is 0 Å². The molecule has 0 atom stereocenters. The smallest absolute Gasteiger partial charge is 0.220 e. The summed E-state index contributed by atoms with van der Waals surface area (Å²) in [6.07, 6.45) is 13.8. The van der Waals surface area contributed by atoms with Gasteiger partial charge in [0.15, 0.2) is 5.82 Å². The molecule has 0 aromatic carbocycles. The second-order valence-electron chi connectivity index (χ2n) is 6.55. The Balaban J connectivity index is 1.42. The highest BCUT2D eigenvalue weighted by molar-refractivity contribution is 5.75. The maximum absolute atomic E-state index is 12.0. The van der Waals surface area contributed by atoms with Gasteiger partial charge in [0.2, 0.25) is 5.91 Å². The molecular weight excluding hydrogens is 300 g/mol. The van der Waals surface area contributed by atoms with Gasteiger partial charge in [-0.1, -0.05) is 38.2 Å². The molecule has 3 rings (SSSR count). The van der Waals surface area contributed by atoms with E-state index in [0.29, 0.717) is 19.5 Å². The van der Waals surface area contributed by atoms with Crippen molar-refractivity contribution in [3.63, 3.8) is 0 Å². The number of carbonyl (C=O) groups is 1. The number of pyridine rings is 1. The molecule has 1 fully saturated rings. The van der Waals surface area contributed by atoms with Crippen molar-refractivity contribution in [3.8, 4) is 11.5 Å². The molecule has 1 amide bonds. The third kappa shape index (κ3) is 4.66. The van der Waals surface area contributed by atoms with Crippen LogP contribution in [-0.4, -0.2) is 27.0 Å². The molecule has 0 radical (unpaired) electrons. The monoisotopic (exact) mass is 326 g/mol. The largest absolute Gasteiger partial charge is 0.354 e. The summed E-state index contributed by atoms with van der Waals surface area (Å²) < 4.78 is 2.03. The van der Waals surface area contributed by atoms with E-state index in [2.05, 4.69) is 15.3 Å². The number of hydrogen-bond acceptors (Lipinski definition) is 3. The average Bonchev–Trinajstić information content (AvgIpc) is 3.10. The Bertz CT molecular complexity index is 632. The molecule has 0 saturated heterocycles. The number of imidazole rings is 1. The van der Waals surface area contributed by atoms with E-state index < -0.39 is 0 Å². The van der Waals surface area contributed by atoms with Gasteiger partial charge in [-0.15, -0.1) is 0 Å². The van der Waals surface area contributed by atoms with Crippen molar-refractivity contribution in [1.29, 1.82) is 0 Å². The number of nitrogens with zero attached hydrogens (tertiary/aromatic N) is 3. The quantitative estimate of drug-likeness (QED) is 0.848. The Kier molecular flexibility index (Phi) is 5.99. The van der Waals surface area contributed by atoms with Crippen LogP contribution in [0.4, 0.5) is 0 Å². The molecule has 1 N–H and O–H groups in total. The van der Waals surface area contributed by atoms with Crippen molar-refractivity contribution in [2.45, 2.75) is 51.5 Å². The van der Waals surface area contributed by atoms with Crippen molar-refractivity contribution in [2.75, 3.05) is 6.54 Å². The molecule has 0 aliphatic heterocycles. The first kappa shape index (κ1) is 16.7. The summed E-state index contributed by atoms with van der Waals surface area (Å²) in [7, 11) is 0. The van der Waals surface area contributed by atoms with E-state index in [0.717, 1.165) is 23.9 Å². The maximum Gasteiger partial charge on any atom is 0.220 e. The Hall–Kier alpha value is -2.17. The van der Waals surface area contributed by atoms with Crippen LogP contribution in [0.3, 0.4) is 0 Å². The van der Waals surface area contributed by atoms with Crippen molar-refractivity contribution >= 4 is 5.91 Å². The van der Waals surface area contributed by atoms with E-state index in [1.807, 2.05) is 29.0 Å². The first-order valence-electron chi connectivity index (χ1n) is 9.02. The molecular formula is C19H26N4O. The van der Waals surface area contributed by atoms with Gasteiger partial charge in [0.1, 0.15) is 5.69 Å². The number of hydrogen-bond donors (Lipinski definition) is 1. The summed E-state index contributed by atoms with van der Waals surface area (Å²) in [6.45, 7) is 1.33. The second-order valence-corrected chi connectivity index (χ2v) is 6.55. The zero-order valence-corrected chi connectivity index (χ0v) is 14.2. The number of rotatable bonds is 7. The molecule has 1 saturated carbocycles. The van der Waals surface area contributed by atoms with Crippen LogP contribution in [0.15, 0.2) is 36.8 Å². The predicted octanol–water partition coefficient (Wildman–Crippen LogP) is 3.42. The van der Waals surface area contributed by atoms with Crippen molar-refractivity contribution in [1.82, 2.24) is 19.9 Å². The Morgan fingerprint density at radius 1 is 1.17 bits per heavy atom. The number of aromatic nitrogens is 3. The van der Waals surface area contributed by atoms with Crippen LogP contribution in [0, 0.1) is 5.92 Å². The van der Waals surface area contributed by atoms with E-state index in [9.17, 15) is 4.79 Å². The highest BCUT2D eigenvalue weighted by atomic mass is 16.1. The third-order valence-electron chi connectivity index (χ3n) is 4.79. The lowest BCUT2D eigenvalue weighted by molar-refractivity contribution is -0.121. The molecule has 0 bridgehead atoms. The maximum atomic E-state index is 12.0. The van der Waals surface area contributed by atoms with Crippen molar-refractivity contribution in [2.24, 2.45) is 5.92 Å².